The van der Waals surface area contributed by atoms with Gasteiger partial charge in [-0.05, 0) is 54.5 Å². The standard InChI is InChI=1S/C19H18F4/c1-2-12-3-5-13(6-4-12)14-7-9-16-15(11-14)8-10-17(18(16)20)19(21,22)23/h2,7-13H,1,3-6H2. The number of halogens is 4. The molecule has 122 valence electrons. The van der Waals surface area contributed by atoms with Gasteiger partial charge in [0, 0.05) is 5.39 Å². The molecule has 2 aromatic carbocycles. The summed E-state index contributed by atoms with van der Waals surface area (Å²) in [4.78, 5) is 0. The zero-order valence-corrected chi connectivity index (χ0v) is 12.7. The van der Waals surface area contributed by atoms with Gasteiger partial charge in [0.05, 0.1) is 5.56 Å². The molecule has 0 spiro atoms. The summed E-state index contributed by atoms with van der Waals surface area (Å²) in [6.45, 7) is 3.83. The lowest BCUT2D eigenvalue weighted by atomic mass is 9.78. The van der Waals surface area contributed by atoms with Gasteiger partial charge in [-0.15, -0.1) is 6.58 Å². The molecule has 2 aromatic rings. The van der Waals surface area contributed by atoms with Crippen LogP contribution in [-0.2, 0) is 6.18 Å². The predicted molar refractivity (Wildman–Crippen MR) is 83.8 cm³/mol. The van der Waals surface area contributed by atoms with Crippen molar-refractivity contribution in [1.82, 2.24) is 0 Å². The molecule has 1 aliphatic carbocycles. The molecule has 0 amide bonds. The third-order valence-electron chi connectivity index (χ3n) is 4.86. The second-order valence-corrected chi connectivity index (χ2v) is 6.25. The second-order valence-electron chi connectivity index (χ2n) is 6.25. The van der Waals surface area contributed by atoms with Crippen molar-refractivity contribution in [3.05, 3.63) is 59.9 Å². The third kappa shape index (κ3) is 3.12. The second kappa shape index (κ2) is 5.99. The summed E-state index contributed by atoms with van der Waals surface area (Å²) in [5.41, 5.74) is -0.122. The van der Waals surface area contributed by atoms with Crippen LogP contribution >= 0.6 is 0 Å². The molecule has 3 rings (SSSR count). The maximum absolute atomic E-state index is 14.1. The Morgan fingerprint density at radius 2 is 1.70 bits per heavy atom. The highest BCUT2D eigenvalue weighted by molar-refractivity contribution is 5.84. The van der Waals surface area contributed by atoms with Crippen molar-refractivity contribution < 1.29 is 17.6 Å². The molecule has 0 atom stereocenters. The van der Waals surface area contributed by atoms with Crippen LogP contribution in [0.1, 0.15) is 42.7 Å². The fourth-order valence-electron chi connectivity index (χ4n) is 3.47. The summed E-state index contributed by atoms with van der Waals surface area (Å²) >= 11 is 0. The van der Waals surface area contributed by atoms with Crippen LogP contribution in [-0.4, -0.2) is 0 Å². The smallest absolute Gasteiger partial charge is 0.206 e. The van der Waals surface area contributed by atoms with Gasteiger partial charge < -0.3 is 0 Å². The SMILES string of the molecule is C=CC1CCC(c2ccc3c(F)c(C(F)(F)F)ccc3c2)CC1. The van der Waals surface area contributed by atoms with Crippen LogP contribution in [0.5, 0.6) is 0 Å². The Hall–Kier alpha value is -1.84. The fourth-order valence-corrected chi connectivity index (χ4v) is 3.47. The summed E-state index contributed by atoms with van der Waals surface area (Å²) in [6.07, 6.45) is 1.54. The monoisotopic (exact) mass is 322 g/mol. The lowest BCUT2D eigenvalue weighted by Crippen LogP contribution is -2.11. The minimum absolute atomic E-state index is 0.0309. The molecule has 1 fully saturated rings. The number of hydrogen-bond acceptors (Lipinski definition) is 0. The number of rotatable bonds is 2. The van der Waals surface area contributed by atoms with Crippen LogP contribution in [0.15, 0.2) is 43.0 Å². The van der Waals surface area contributed by atoms with Crippen LogP contribution in [0.4, 0.5) is 17.6 Å². The van der Waals surface area contributed by atoms with Crippen molar-refractivity contribution in [2.75, 3.05) is 0 Å². The first-order valence-corrected chi connectivity index (χ1v) is 7.82. The van der Waals surface area contributed by atoms with Gasteiger partial charge in [0.1, 0.15) is 5.82 Å². The summed E-state index contributed by atoms with van der Waals surface area (Å²) < 4.78 is 52.4. The van der Waals surface area contributed by atoms with E-state index in [0.29, 0.717) is 17.2 Å². The van der Waals surface area contributed by atoms with Gasteiger partial charge >= 0.3 is 6.18 Å². The summed E-state index contributed by atoms with van der Waals surface area (Å²) in [7, 11) is 0. The molecule has 23 heavy (non-hydrogen) atoms. The Bertz CT molecular complexity index is 722. The quantitative estimate of drug-likeness (QED) is 0.440. The molecule has 0 aromatic heterocycles. The van der Waals surface area contributed by atoms with Crippen molar-refractivity contribution in [1.29, 1.82) is 0 Å². The maximum Gasteiger partial charge on any atom is 0.419 e. The van der Waals surface area contributed by atoms with Crippen molar-refractivity contribution in [2.45, 2.75) is 37.8 Å². The Kier molecular flexibility index (Phi) is 4.17. The molecule has 0 radical (unpaired) electrons. The number of benzene rings is 2. The molecule has 0 N–H and O–H groups in total. The van der Waals surface area contributed by atoms with E-state index in [1.807, 2.05) is 12.1 Å². The molecule has 1 saturated carbocycles. The Balaban J connectivity index is 1.93. The number of alkyl halides is 3. The highest BCUT2D eigenvalue weighted by atomic mass is 19.4. The first-order chi connectivity index (χ1) is 10.9. The first kappa shape index (κ1) is 16.0. The van der Waals surface area contributed by atoms with Gasteiger partial charge in [0.25, 0.3) is 0 Å². The van der Waals surface area contributed by atoms with E-state index >= 15 is 0 Å². The Morgan fingerprint density at radius 1 is 1.00 bits per heavy atom. The van der Waals surface area contributed by atoms with Crippen LogP contribution in [0, 0.1) is 11.7 Å². The fraction of sp³-hybridized carbons (Fsp3) is 0.368. The van der Waals surface area contributed by atoms with Crippen molar-refractivity contribution in [3.63, 3.8) is 0 Å². The van der Waals surface area contributed by atoms with Crippen molar-refractivity contribution in [2.24, 2.45) is 5.92 Å². The number of fused-ring (bicyclic) bond motifs is 1. The summed E-state index contributed by atoms with van der Waals surface area (Å²) in [5.74, 6) is -0.239. The molecule has 0 heterocycles. The first-order valence-electron chi connectivity index (χ1n) is 7.82. The summed E-state index contributed by atoms with van der Waals surface area (Å²) in [6, 6.07) is 7.27. The molecule has 0 aliphatic heterocycles. The number of allylic oxidation sites excluding steroid dienone is 1. The van der Waals surface area contributed by atoms with E-state index in [1.165, 1.54) is 12.1 Å². The van der Waals surface area contributed by atoms with Gasteiger partial charge in [-0.25, -0.2) is 4.39 Å². The minimum Gasteiger partial charge on any atom is -0.206 e. The van der Waals surface area contributed by atoms with E-state index in [0.717, 1.165) is 37.3 Å². The Morgan fingerprint density at radius 3 is 2.30 bits per heavy atom. The van der Waals surface area contributed by atoms with E-state index in [9.17, 15) is 17.6 Å². The largest absolute Gasteiger partial charge is 0.419 e. The van der Waals surface area contributed by atoms with E-state index < -0.39 is 17.6 Å². The van der Waals surface area contributed by atoms with Gasteiger partial charge in [0.15, 0.2) is 0 Å². The van der Waals surface area contributed by atoms with Gasteiger partial charge in [-0.2, -0.15) is 13.2 Å². The van der Waals surface area contributed by atoms with Crippen LogP contribution in [0.2, 0.25) is 0 Å². The minimum atomic E-state index is -4.67. The molecule has 0 saturated heterocycles. The normalized spacial score (nSPS) is 22.3. The molecular formula is C19H18F4. The van der Waals surface area contributed by atoms with Crippen LogP contribution in [0.3, 0.4) is 0 Å². The highest BCUT2D eigenvalue weighted by Crippen LogP contribution is 2.39. The van der Waals surface area contributed by atoms with Crippen molar-refractivity contribution >= 4 is 10.8 Å². The molecular weight excluding hydrogens is 304 g/mol. The van der Waals surface area contributed by atoms with Crippen LogP contribution < -0.4 is 0 Å². The van der Waals surface area contributed by atoms with E-state index in [2.05, 4.69) is 6.58 Å². The topological polar surface area (TPSA) is 0 Å². The van der Waals surface area contributed by atoms with E-state index in [4.69, 9.17) is 0 Å². The van der Waals surface area contributed by atoms with E-state index in [-0.39, 0.29) is 5.39 Å². The average molecular weight is 322 g/mol. The predicted octanol–water partition coefficient (Wildman–Crippen LogP) is 6.46. The van der Waals surface area contributed by atoms with Gasteiger partial charge in [-0.3, -0.25) is 0 Å². The lowest BCUT2D eigenvalue weighted by molar-refractivity contribution is -0.139. The molecule has 1 aliphatic rings. The van der Waals surface area contributed by atoms with Crippen LogP contribution in [0.25, 0.3) is 10.8 Å². The van der Waals surface area contributed by atoms with Crippen molar-refractivity contribution in [3.8, 4) is 0 Å². The Labute approximate surface area is 132 Å². The lowest BCUT2D eigenvalue weighted by Gasteiger charge is -2.27. The molecule has 0 unspecified atom stereocenters. The maximum atomic E-state index is 14.1. The number of hydrogen-bond donors (Lipinski definition) is 0. The zero-order chi connectivity index (χ0) is 16.6. The molecule has 0 nitrogen and oxygen atoms in total. The highest BCUT2D eigenvalue weighted by Gasteiger charge is 2.34. The summed E-state index contributed by atoms with van der Waals surface area (Å²) in [5, 5.41) is 0.558. The van der Waals surface area contributed by atoms with E-state index in [1.54, 1.807) is 6.07 Å². The molecule has 0 bridgehead atoms. The van der Waals surface area contributed by atoms with Gasteiger partial charge in [0.2, 0.25) is 0 Å². The van der Waals surface area contributed by atoms with Gasteiger partial charge in [-0.1, -0.05) is 30.3 Å². The third-order valence-corrected chi connectivity index (χ3v) is 4.86. The average Bonchev–Trinajstić information content (AvgIpc) is 2.53. The zero-order valence-electron chi connectivity index (χ0n) is 12.7. The molecule has 4 heteroatoms.